The minimum absolute atomic E-state index is 0.569. The highest BCUT2D eigenvalue weighted by atomic mass is 35.5. The fourth-order valence-electron chi connectivity index (χ4n) is 3.35. The average Bonchev–Trinajstić information content (AvgIpc) is 3.25. The van der Waals surface area contributed by atoms with Gasteiger partial charge in [-0.15, -0.1) is 0 Å². The lowest BCUT2D eigenvalue weighted by molar-refractivity contribution is 0.253. The predicted molar refractivity (Wildman–Crippen MR) is 120 cm³/mol. The van der Waals surface area contributed by atoms with Crippen molar-refractivity contribution in [3.05, 3.63) is 65.8 Å². The van der Waals surface area contributed by atoms with Gasteiger partial charge >= 0.3 is 0 Å². The lowest BCUT2D eigenvalue weighted by atomic mass is 10.1. The number of nitrogens with zero attached hydrogens (tertiary/aromatic N) is 3. The van der Waals surface area contributed by atoms with Crippen LogP contribution in [0.2, 0.25) is 5.02 Å². The molecule has 1 aliphatic heterocycles. The first-order valence-electron chi connectivity index (χ1n) is 9.95. The smallest absolute Gasteiger partial charge is 0.229 e. The van der Waals surface area contributed by atoms with Crippen molar-refractivity contribution >= 4 is 29.1 Å². The molecule has 29 heavy (non-hydrogen) atoms. The first-order chi connectivity index (χ1) is 14.3. The van der Waals surface area contributed by atoms with E-state index < -0.39 is 0 Å². The van der Waals surface area contributed by atoms with Crippen LogP contribution in [0.1, 0.15) is 12.8 Å². The van der Waals surface area contributed by atoms with Gasteiger partial charge < -0.3 is 10.6 Å². The van der Waals surface area contributed by atoms with Crippen molar-refractivity contribution in [2.24, 2.45) is 0 Å². The summed E-state index contributed by atoms with van der Waals surface area (Å²) in [5, 5.41) is 9.67. The average molecular weight is 409 g/mol. The van der Waals surface area contributed by atoms with Gasteiger partial charge in [-0.3, -0.25) is 5.43 Å². The summed E-state index contributed by atoms with van der Waals surface area (Å²) in [7, 11) is 0. The maximum absolute atomic E-state index is 6.12. The van der Waals surface area contributed by atoms with Crippen LogP contribution in [-0.2, 0) is 0 Å². The van der Waals surface area contributed by atoms with E-state index in [1.165, 1.54) is 6.42 Å². The van der Waals surface area contributed by atoms with Crippen molar-refractivity contribution in [3.8, 4) is 11.1 Å². The zero-order chi connectivity index (χ0) is 19.9. The summed E-state index contributed by atoms with van der Waals surface area (Å²) < 4.78 is 0. The van der Waals surface area contributed by atoms with Gasteiger partial charge in [-0.1, -0.05) is 35.9 Å². The molecule has 0 atom stereocenters. The molecule has 4 rings (SSSR count). The van der Waals surface area contributed by atoms with Crippen LogP contribution in [0, 0.1) is 0 Å². The molecule has 7 heteroatoms. The Morgan fingerprint density at radius 3 is 2.76 bits per heavy atom. The van der Waals surface area contributed by atoms with Crippen molar-refractivity contribution in [2.45, 2.75) is 12.8 Å². The van der Waals surface area contributed by atoms with Crippen molar-refractivity contribution in [1.29, 1.82) is 0 Å². The Balaban J connectivity index is 1.35. The number of halogens is 1. The Morgan fingerprint density at radius 1 is 1.07 bits per heavy atom. The molecular weight excluding hydrogens is 384 g/mol. The first-order valence-corrected chi connectivity index (χ1v) is 10.3. The Labute approximate surface area is 176 Å². The Morgan fingerprint density at radius 2 is 1.93 bits per heavy atom. The Hall–Kier alpha value is -2.67. The van der Waals surface area contributed by atoms with E-state index in [-0.39, 0.29) is 0 Å². The van der Waals surface area contributed by atoms with Crippen LogP contribution in [0.5, 0.6) is 0 Å². The molecule has 150 valence electrons. The highest BCUT2D eigenvalue weighted by Gasteiger charge is 2.09. The van der Waals surface area contributed by atoms with Gasteiger partial charge in [0.2, 0.25) is 5.95 Å². The lowest BCUT2D eigenvalue weighted by Gasteiger charge is -2.15. The molecule has 0 aliphatic carbocycles. The van der Waals surface area contributed by atoms with Gasteiger partial charge in [0.15, 0.2) is 0 Å². The number of aromatic nitrogens is 2. The minimum Gasteiger partial charge on any atom is -0.370 e. The van der Waals surface area contributed by atoms with Crippen LogP contribution in [0.3, 0.4) is 0 Å². The number of hydrogen-bond acceptors (Lipinski definition) is 6. The number of benzene rings is 2. The molecule has 0 saturated carbocycles. The molecule has 0 spiro atoms. The summed E-state index contributed by atoms with van der Waals surface area (Å²) in [6.07, 6.45) is 4.05. The highest BCUT2D eigenvalue weighted by molar-refractivity contribution is 6.30. The molecule has 3 N–H and O–H groups in total. The molecule has 1 saturated heterocycles. The second kappa shape index (κ2) is 9.69. The second-order valence-electron chi connectivity index (χ2n) is 7.01. The van der Waals surface area contributed by atoms with E-state index >= 15 is 0 Å². The number of hydrogen-bond donors (Lipinski definition) is 3. The summed E-state index contributed by atoms with van der Waals surface area (Å²) in [5.74, 6) is 1.39. The van der Waals surface area contributed by atoms with Crippen molar-refractivity contribution < 1.29 is 0 Å². The van der Waals surface area contributed by atoms with Crippen molar-refractivity contribution in [3.63, 3.8) is 0 Å². The van der Waals surface area contributed by atoms with E-state index in [9.17, 15) is 0 Å². The van der Waals surface area contributed by atoms with Gasteiger partial charge in [-0.2, -0.15) is 4.98 Å². The molecule has 1 aliphatic rings. The van der Waals surface area contributed by atoms with Gasteiger partial charge in [0, 0.05) is 43.1 Å². The number of anilines is 3. The maximum Gasteiger partial charge on any atom is 0.229 e. The number of rotatable bonds is 8. The van der Waals surface area contributed by atoms with Crippen LogP contribution >= 0.6 is 11.6 Å². The topological polar surface area (TPSA) is 65.1 Å². The fraction of sp³-hybridized carbons (Fsp3) is 0.273. The largest absolute Gasteiger partial charge is 0.370 e. The lowest BCUT2D eigenvalue weighted by Crippen LogP contribution is -2.32. The summed E-state index contributed by atoms with van der Waals surface area (Å²) in [6.45, 7) is 4.14. The third kappa shape index (κ3) is 5.67. The zero-order valence-corrected chi connectivity index (χ0v) is 17.0. The summed E-state index contributed by atoms with van der Waals surface area (Å²) >= 11 is 6.12. The molecule has 3 aromatic rings. The molecular formula is C22H25ClN6. The van der Waals surface area contributed by atoms with Crippen LogP contribution in [0.25, 0.3) is 11.1 Å². The maximum atomic E-state index is 6.12. The fourth-order valence-corrected chi connectivity index (χ4v) is 3.54. The van der Waals surface area contributed by atoms with E-state index in [0.717, 1.165) is 60.3 Å². The summed E-state index contributed by atoms with van der Waals surface area (Å²) in [6, 6.07) is 17.9. The van der Waals surface area contributed by atoms with E-state index in [0.29, 0.717) is 5.95 Å². The van der Waals surface area contributed by atoms with E-state index in [4.69, 9.17) is 11.6 Å². The molecule has 0 unspecified atom stereocenters. The van der Waals surface area contributed by atoms with E-state index in [1.807, 2.05) is 42.5 Å². The standard InChI is InChI=1S/C22H25ClN6/c23-19-7-1-5-17(15-19)18-6-2-8-20(16-18)27-22-25-12-9-21(28-22)24-10-3-13-29-14-4-11-26-29/h1-2,5-9,12,15-16,26H,3-4,10-11,13-14H2,(H2,24,25,27,28). The quantitative estimate of drug-likeness (QED) is 0.475. The van der Waals surface area contributed by atoms with Gasteiger partial charge in [0.25, 0.3) is 0 Å². The molecule has 0 radical (unpaired) electrons. The second-order valence-corrected chi connectivity index (χ2v) is 7.45. The predicted octanol–water partition coefficient (Wildman–Crippen LogP) is 4.55. The van der Waals surface area contributed by atoms with Crippen molar-refractivity contribution in [2.75, 3.05) is 36.8 Å². The number of nitrogens with one attached hydrogen (secondary N) is 3. The van der Waals surface area contributed by atoms with E-state index in [2.05, 4.69) is 43.2 Å². The minimum atomic E-state index is 0.569. The van der Waals surface area contributed by atoms with Gasteiger partial charge in [-0.05, 0) is 54.3 Å². The molecule has 1 fully saturated rings. The molecule has 0 bridgehead atoms. The van der Waals surface area contributed by atoms with Crippen molar-refractivity contribution in [1.82, 2.24) is 20.4 Å². The monoisotopic (exact) mass is 408 g/mol. The normalized spacial score (nSPS) is 14.1. The third-order valence-electron chi connectivity index (χ3n) is 4.78. The van der Waals surface area contributed by atoms with Crippen LogP contribution in [0.4, 0.5) is 17.5 Å². The highest BCUT2D eigenvalue weighted by Crippen LogP contribution is 2.26. The van der Waals surface area contributed by atoms with Gasteiger partial charge in [-0.25, -0.2) is 9.99 Å². The molecule has 2 heterocycles. The van der Waals surface area contributed by atoms with Crippen LogP contribution in [-0.4, -0.2) is 41.2 Å². The van der Waals surface area contributed by atoms with Crippen LogP contribution in [0.15, 0.2) is 60.8 Å². The SMILES string of the molecule is Clc1cccc(-c2cccc(Nc3nccc(NCCCN4CCCN4)n3)c2)c1. The van der Waals surface area contributed by atoms with Crippen LogP contribution < -0.4 is 16.1 Å². The molecule has 1 aromatic heterocycles. The molecule has 0 amide bonds. The Bertz CT molecular complexity index is 942. The first kappa shape index (κ1) is 19.6. The number of hydrazine groups is 1. The molecule has 2 aromatic carbocycles. The Kier molecular flexibility index (Phi) is 6.56. The summed E-state index contributed by atoms with van der Waals surface area (Å²) in [4.78, 5) is 8.91. The van der Waals surface area contributed by atoms with Gasteiger partial charge in [0.05, 0.1) is 0 Å². The summed E-state index contributed by atoms with van der Waals surface area (Å²) in [5.41, 5.74) is 6.46. The third-order valence-corrected chi connectivity index (χ3v) is 5.02. The van der Waals surface area contributed by atoms with Gasteiger partial charge in [0.1, 0.15) is 5.82 Å². The van der Waals surface area contributed by atoms with E-state index in [1.54, 1.807) is 6.20 Å². The zero-order valence-electron chi connectivity index (χ0n) is 16.2. The molecule has 6 nitrogen and oxygen atoms in total.